The van der Waals surface area contributed by atoms with Gasteiger partial charge in [-0.3, -0.25) is 4.79 Å². The number of hydrogen-bond donors (Lipinski definition) is 3. The SMILES string of the molecule is CN1CCC(NC(=O)NC(C(=O)O)c2cccs2)C1=O. The number of likely N-dealkylation sites (N-methyl/N-ethyl adjacent to an activating group) is 1. The molecule has 3 N–H and O–H groups in total. The van der Waals surface area contributed by atoms with Crippen LogP contribution in [0.15, 0.2) is 17.5 Å². The van der Waals surface area contributed by atoms with Crippen LogP contribution in [0.25, 0.3) is 0 Å². The van der Waals surface area contributed by atoms with Gasteiger partial charge in [0.2, 0.25) is 5.91 Å². The number of amides is 3. The van der Waals surface area contributed by atoms with E-state index >= 15 is 0 Å². The highest BCUT2D eigenvalue weighted by Crippen LogP contribution is 2.19. The number of hydrogen-bond acceptors (Lipinski definition) is 4. The number of rotatable bonds is 4. The van der Waals surface area contributed by atoms with Gasteiger partial charge in [0.25, 0.3) is 0 Å². The zero-order valence-corrected chi connectivity index (χ0v) is 11.6. The Bertz CT molecular complexity index is 517. The van der Waals surface area contributed by atoms with Crippen molar-refractivity contribution in [3.05, 3.63) is 22.4 Å². The third-order valence-corrected chi connectivity index (χ3v) is 4.02. The van der Waals surface area contributed by atoms with E-state index in [-0.39, 0.29) is 5.91 Å². The second-order valence-corrected chi connectivity index (χ2v) is 5.48. The highest BCUT2D eigenvalue weighted by molar-refractivity contribution is 7.10. The number of urea groups is 1. The van der Waals surface area contributed by atoms with Crippen LogP contribution in [0.1, 0.15) is 17.3 Å². The van der Waals surface area contributed by atoms with E-state index in [2.05, 4.69) is 10.6 Å². The Kier molecular flexibility index (Phi) is 4.23. The van der Waals surface area contributed by atoms with Crippen LogP contribution in [0.3, 0.4) is 0 Å². The Hall–Kier alpha value is -2.09. The van der Waals surface area contributed by atoms with Crippen LogP contribution < -0.4 is 10.6 Å². The number of carboxylic acid groups (broad SMARTS) is 1. The highest BCUT2D eigenvalue weighted by atomic mass is 32.1. The molecule has 20 heavy (non-hydrogen) atoms. The van der Waals surface area contributed by atoms with Gasteiger partial charge in [-0.1, -0.05) is 6.07 Å². The lowest BCUT2D eigenvalue weighted by atomic mass is 10.2. The standard InChI is InChI=1S/C12H15N3O4S/c1-15-5-4-7(10(15)16)13-12(19)14-9(11(17)18)8-3-2-6-20-8/h2-3,6-7,9H,4-5H2,1H3,(H,17,18)(H2,13,14,19). The molecule has 1 fully saturated rings. The van der Waals surface area contributed by atoms with Crippen molar-refractivity contribution in [2.75, 3.05) is 13.6 Å². The summed E-state index contributed by atoms with van der Waals surface area (Å²) in [6, 6.07) is 1.00. The van der Waals surface area contributed by atoms with Crippen LogP contribution in [0, 0.1) is 0 Å². The van der Waals surface area contributed by atoms with Crippen molar-refractivity contribution >= 4 is 29.2 Å². The molecular weight excluding hydrogens is 282 g/mol. The molecule has 1 aromatic heterocycles. The van der Waals surface area contributed by atoms with E-state index in [0.29, 0.717) is 17.8 Å². The molecule has 0 saturated carbocycles. The van der Waals surface area contributed by atoms with Crippen molar-refractivity contribution in [2.24, 2.45) is 0 Å². The Morgan fingerprint density at radius 1 is 1.55 bits per heavy atom. The number of carbonyl (C=O) groups excluding carboxylic acids is 2. The first-order chi connectivity index (χ1) is 9.49. The van der Waals surface area contributed by atoms with Crippen molar-refractivity contribution in [1.29, 1.82) is 0 Å². The molecule has 1 aromatic rings. The lowest BCUT2D eigenvalue weighted by Crippen LogP contribution is -2.47. The summed E-state index contributed by atoms with van der Waals surface area (Å²) in [6.45, 7) is 0.580. The van der Waals surface area contributed by atoms with Crippen LogP contribution in [-0.2, 0) is 9.59 Å². The molecule has 8 heteroatoms. The zero-order valence-electron chi connectivity index (χ0n) is 10.8. The van der Waals surface area contributed by atoms with Crippen LogP contribution in [-0.4, -0.2) is 47.5 Å². The molecule has 3 amide bonds. The molecule has 7 nitrogen and oxygen atoms in total. The number of carboxylic acids is 1. The second-order valence-electron chi connectivity index (χ2n) is 4.51. The van der Waals surface area contributed by atoms with Gasteiger partial charge in [-0.25, -0.2) is 9.59 Å². The lowest BCUT2D eigenvalue weighted by Gasteiger charge is -2.16. The van der Waals surface area contributed by atoms with Gasteiger partial charge in [-0.05, 0) is 17.9 Å². The van der Waals surface area contributed by atoms with E-state index in [0.717, 1.165) is 0 Å². The first-order valence-electron chi connectivity index (χ1n) is 6.07. The molecule has 1 saturated heterocycles. The first kappa shape index (κ1) is 14.3. The minimum atomic E-state index is -1.14. The fraction of sp³-hybridized carbons (Fsp3) is 0.417. The monoisotopic (exact) mass is 297 g/mol. The van der Waals surface area contributed by atoms with E-state index in [1.165, 1.54) is 16.2 Å². The molecular formula is C12H15N3O4S. The predicted octanol–water partition coefficient (Wildman–Crippen LogP) is 0.404. The quantitative estimate of drug-likeness (QED) is 0.749. The van der Waals surface area contributed by atoms with Gasteiger partial charge >= 0.3 is 12.0 Å². The molecule has 0 radical (unpaired) electrons. The topological polar surface area (TPSA) is 98.7 Å². The van der Waals surface area contributed by atoms with Crippen molar-refractivity contribution in [3.8, 4) is 0 Å². The van der Waals surface area contributed by atoms with E-state index in [1.54, 1.807) is 24.6 Å². The Morgan fingerprint density at radius 2 is 2.30 bits per heavy atom. The molecule has 0 bridgehead atoms. The van der Waals surface area contributed by atoms with Crippen LogP contribution in [0.2, 0.25) is 0 Å². The summed E-state index contributed by atoms with van der Waals surface area (Å²) in [5.74, 6) is -1.30. The van der Waals surface area contributed by atoms with Crippen LogP contribution >= 0.6 is 11.3 Å². The minimum absolute atomic E-state index is 0.164. The molecule has 1 aliphatic heterocycles. The minimum Gasteiger partial charge on any atom is -0.479 e. The van der Waals surface area contributed by atoms with E-state index < -0.39 is 24.1 Å². The third kappa shape index (κ3) is 3.08. The Balaban J connectivity index is 1.96. The average molecular weight is 297 g/mol. The van der Waals surface area contributed by atoms with Gasteiger partial charge in [0, 0.05) is 18.5 Å². The first-order valence-corrected chi connectivity index (χ1v) is 6.95. The number of thiophene rings is 1. The van der Waals surface area contributed by atoms with Gasteiger partial charge in [0.05, 0.1) is 0 Å². The molecule has 2 heterocycles. The summed E-state index contributed by atoms with van der Waals surface area (Å²) in [7, 11) is 1.66. The molecule has 2 atom stereocenters. The van der Waals surface area contributed by atoms with E-state index in [1.807, 2.05) is 0 Å². The van der Waals surface area contributed by atoms with Crippen molar-refractivity contribution in [1.82, 2.24) is 15.5 Å². The summed E-state index contributed by atoms with van der Waals surface area (Å²) >= 11 is 1.25. The second kappa shape index (κ2) is 5.91. The van der Waals surface area contributed by atoms with Crippen LogP contribution in [0.4, 0.5) is 4.79 Å². The Labute approximate surface area is 119 Å². The molecule has 1 aliphatic rings. The third-order valence-electron chi connectivity index (χ3n) is 3.08. The maximum absolute atomic E-state index is 11.8. The van der Waals surface area contributed by atoms with E-state index in [9.17, 15) is 14.4 Å². The smallest absolute Gasteiger partial charge is 0.331 e. The van der Waals surface area contributed by atoms with Crippen LogP contribution in [0.5, 0.6) is 0 Å². The Morgan fingerprint density at radius 3 is 2.80 bits per heavy atom. The number of likely N-dealkylation sites (tertiary alicyclic amines) is 1. The highest BCUT2D eigenvalue weighted by Gasteiger charge is 2.31. The molecule has 0 aromatic carbocycles. The van der Waals surface area contributed by atoms with Gasteiger partial charge in [-0.2, -0.15) is 0 Å². The summed E-state index contributed by atoms with van der Waals surface area (Å²) in [4.78, 5) is 36.7. The number of carbonyl (C=O) groups is 3. The summed E-state index contributed by atoms with van der Waals surface area (Å²) < 4.78 is 0. The molecule has 108 valence electrons. The summed E-state index contributed by atoms with van der Waals surface area (Å²) in [6.07, 6.45) is 0.527. The molecule has 2 rings (SSSR count). The maximum Gasteiger partial charge on any atom is 0.331 e. The maximum atomic E-state index is 11.8. The van der Waals surface area contributed by atoms with Crippen molar-refractivity contribution in [3.63, 3.8) is 0 Å². The normalized spacial score (nSPS) is 19.8. The molecule has 2 unspecified atom stereocenters. The van der Waals surface area contributed by atoms with Gasteiger partial charge < -0.3 is 20.6 Å². The van der Waals surface area contributed by atoms with Crippen molar-refractivity contribution in [2.45, 2.75) is 18.5 Å². The van der Waals surface area contributed by atoms with E-state index in [4.69, 9.17) is 5.11 Å². The van der Waals surface area contributed by atoms with Gasteiger partial charge in [0.15, 0.2) is 6.04 Å². The fourth-order valence-corrected chi connectivity index (χ4v) is 2.76. The predicted molar refractivity (Wildman–Crippen MR) is 72.4 cm³/mol. The summed E-state index contributed by atoms with van der Waals surface area (Å²) in [5, 5.41) is 15.8. The van der Waals surface area contributed by atoms with Gasteiger partial charge in [-0.15, -0.1) is 11.3 Å². The molecule has 0 aliphatic carbocycles. The average Bonchev–Trinajstić information content (AvgIpc) is 3.01. The number of aliphatic carboxylic acids is 1. The van der Waals surface area contributed by atoms with Crippen molar-refractivity contribution < 1.29 is 19.5 Å². The lowest BCUT2D eigenvalue weighted by molar-refractivity contribution is -0.139. The largest absolute Gasteiger partial charge is 0.479 e. The fourth-order valence-electron chi connectivity index (χ4n) is 2.00. The van der Waals surface area contributed by atoms with Gasteiger partial charge in [0.1, 0.15) is 6.04 Å². The zero-order chi connectivity index (χ0) is 14.7. The number of nitrogens with one attached hydrogen (secondary N) is 2. The molecule has 0 spiro atoms. The number of nitrogens with zero attached hydrogens (tertiary/aromatic N) is 1. The summed E-state index contributed by atoms with van der Waals surface area (Å²) in [5.41, 5.74) is 0.